The number of carboxylic acid groups (broad SMARTS) is 1. The van der Waals surface area contributed by atoms with E-state index in [1.165, 1.54) is 0 Å². The summed E-state index contributed by atoms with van der Waals surface area (Å²) < 4.78 is 0. The Balaban J connectivity index is 2.11. The topological polar surface area (TPSA) is 83.6 Å². The van der Waals surface area contributed by atoms with Gasteiger partial charge in [0.05, 0.1) is 6.42 Å². The first-order chi connectivity index (χ1) is 11.0. The SMILES string of the molecule is N[C@@H](CC(=O)N1CCCCCC1Cc1ccccc1Cl)C(=O)O. The number of benzene rings is 1. The molecule has 3 N–H and O–H groups in total. The first-order valence-corrected chi connectivity index (χ1v) is 8.38. The molecule has 0 aromatic heterocycles. The maximum Gasteiger partial charge on any atom is 0.321 e. The van der Waals surface area contributed by atoms with E-state index in [1.807, 2.05) is 24.3 Å². The predicted octanol–water partition coefficient (Wildman–Crippen LogP) is 2.46. The Bertz CT molecular complexity index is 565. The number of carbonyl (C=O) groups excluding carboxylic acids is 1. The van der Waals surface area contributed by atoms with Crippen molar-refractivity contribution in [1.29, 1.82) is 0 Å². The summed E-state index contributed by atoms with van der Waals surface area (Å²) in [5, 5.41) is 9.61. The van der Waals surface area contributed by atoms with Crippen molar-refractivity contribution >= 4 is 23.5 Å². The van der Waals surface area contributed by atoms with Crippen LogP contribution in [0.5, 0.6) is 0 Å². The van der Waals surface area contributed by atoms with E-state index in [2.05, 4.69) is 0 Å². The summed E-state index contributed by atoms with van der Waals surface area (Å²) in [6, 6.07) is 6.54. The molecule has 1 saturated heterocycles. The van der Waals surface area contributed by atoms with Crippen molar-refractivity contribution in [3.63, 3.8) is 0 Å². The fourth-order valence-electron chi connectivity index (χ4n) is 3.03. The van der Waals surface area contributed by atoms with Crippen LogP contribution < -0.4 is 5.73 Å². The lowest BCUT2D eigenvalue weighted by Crippen LogP contribution is -2.45. The van der Waals surface area contributed by atoms with Gasteiger partial charge in [0.1, 0.15) is 6.04 Å². The quantitative estimate of drug-likeness (QED) is 0.863. The number of halogens is 1. The van der Waals surface area contributed by atoms with Gasteiger partial charge in [0.25, 0.3) is 0 Å². The van der Waals surface area contributed by atoms with Crippen LogP contribution in [0.1, 0.15) is 37.7 Å². The third kappa shape index (κ3) is 4.94. The minimum atomic E-state index is -1.15. The van der Waals surface area contributed by atoms with Crippen molar-refractivity contribution < 1.29 is 14.7 Å². The number of carboxylic acids is 1. The zero-order valence-corrected chi connectivity index (χ0v) is 13.8. The average Bonchev–Trinajstić information content (AvgIpc) is 2.75. The number of hydrogen-bond donors (Lipinski definition) is 2. The van der Waals surface area contributed by atoms with E-state index in [-0.39, 0.29) is 18.4 Å². The molecule has 23 heavy (non-hydrogen) atoms. The van der Waals surface area contributed by atoms with Gasteiger partial charge in [-0.1, -0.05) is 42.6 Å². The summed E-state index contributed by atoms with van der Waals surface area (Å²) in [7, 11) is 0. The first kappa shape index (κ1) is 17.8. The van der Waals surface area contributed by atoms with E-state index in [4.69, 9.17) is 22.4 Å². The lowest BCUT2D eigenvalue weighted by atomic mass is 10.00. The summed E-state index contributed by atoms with van der Waals surface area (Å²) in [4.78, 5) is 25.2. The van der Waals surface area contributed by atoms with Gasteiger partial charge in [0.15, 0.2) is 0 Å². The minimum absolute atomic E-state index is 0.0471. The number of carbonyl (C=O) groups is 2. The molecule has 2 rings (SSSR count). The molecule has 126 valence electrons. The van der Waals surface area contributed by atoms with Crippen molar-refractivity contribution in [2.75, 3.05) is 6.54 Å². The summed E-state index contributed by atoms with van der Waals surface area (Å²) in [5.74, 6) is -1.32. The standard InChI is InChI=1S/C17H23ClN2O3/c18-14-8-4-3-6-12(14)10-13-7-2-1-5-9-20(13)16(21)11-15(19)17(22)23/h3-4,6,8,13,15H,1-2,5,7,9-11,19H2,(H,22,23)/t13?,15-/m0/s1. The van der Waals surface area contributed by atoms with Gasteiger partial charge < -0.3 is 15.7 Å². The number of nitrogens with two attached hydrogens (primary N) is 1. The van der Waals surface area contributed by atoms with Crippen molar-refractivity contribution in [2.45, 2.75) is 50.6 Å². The molecule has 6 heteroatoms. The Morgan fingerprint density at radius 3 is 2.74 bits per heavy atom. The van der Waals surface area contributed by atoms with Crippen LogP contribution in [0.3, 0.4) is 0 Å². The van der Waals surface area contributed by atoms with E-state index in [9.17, 15) is 9.59 Å². The van der Waals surface area contributed by atoms with Gasteiger partial charge in [0.2, 0.25) is 5.91 Å². The molecule has 1 amide bonds. The molecule has 2 atom stereocenters. The number of rotatable bonds is 5. The van der Waals surface area contributed by atoms with Gasteiger partial charge in [0, 0.05) is 17.6 Å². The molecular formula is C17H23ClN2O3. The molecule has 1 unspecified atom stereocenters. The van der Waals surface area contributed by atoms with Crippen molar-refractivity contribution in [1.82, 2.24) is 4.90 Å². The maximum absolute atomic E-state index is 12.5. The number of likely N-dealkylation sites (tertiary alicyclic amines) is 1. The summed E-state index contributed by atoms with van der Waals surface area (Å²) in [6.07, 6.45) is 4.51. The molecule has 1 aliphatic rings. The highest BCUT2D eigenvalue weighted by Gasteiger charge is 2.28. The highest BCUT2D eigenvalue weighted by atomic mass is 35.5. The predicted molar refractivity (Wildman–Crippen MR) is 89.4 cm³/mol. The second-order valence-electron chi connectivity index (χ2n) is 6.03. The largest absolute Gasteiger partial charge is 0.480 e. The fraction of sp³-hybridized carbons (Fsp3) is 0.529. The number of aliphatic carboxylic acids is 1. The molecular weight excluding hydrogens is 316 g/mol. The molecule has 0 aliphatic carbocycles. The molecule has 0 saturated carbocycles. The zero-order valence-electron chi connectivity index (χ0n) is 13.1. The minimum Gasteiger partial charge on any atom is -0.480 e. The molecule has 5 nitrogen and oxygen atoms in total. The molecule has 0 spiro atoms. The summed E-state index contributed by atoms with van der Waals surface area (Å²) in [6.45, 7) is 0.653. The zero-order chi connectivity index (χ0) is 16.8. The van der Waals surface area contributed by atoms with Crippen LogP contribution in [0.15, 0.2) is 24.3 Å². The molecule has 1 heterocycles. The smallest absolute Gasteiger partial charge is 0.321 e. The number of nitrogens with zero attached hydrogens (tertiary/aromatic N) is 1. The van der Waals surface area contributed by atoms with E-state index in [1.54, 1.807) is 4.90 Å². The lowest BCUT2D eigenvalue weighted by Gasteiger charge is -2.31. The second kappa shape index (κ2) is 8.31. The first-order valence-electron chi connectivity index (χ1n) is 8.00. The monoisotopic (exact) mass is 338 g/mol. The lowest BCUT2D eigenvalue weighted by molar-refractivity contribution is -0.143. The molecule has 1 fully saturated rings. The Labute approximate surface area is 141 Å². The Morgan fingerprint density at radius 1 is 1.30 bits per heavy atom. The van der Waals surface area contributed by atoms with E-state index in [0.29, 0.717) is 18.0 Å². The van der Waals surface area contributed by atoms with Gasteiger partial charge >= 0.3 is 5.97 Å². The molecule has 0 bridgehead atoms. The van der Waals surface area contributed by atoms with E-state index < -0.39 is 12.0 Å². The average molecular weight is 339 g/mol. The highest BCUT2D eigenvalue weighted by molar-refractivity contribution is 6.31. The van der Waals surface area contributed by atoms with Gasteiger partial charge in [-0.3, -0.25) is 9.59 Å². The van der Waals surface area contributed by atoms with Gasteiger partial charge in [-0.2, -0.15) is 0 Å². The van der Waals surface area contributed by atoms with E-state index >= 15 is 0 Å². The van der Waals surface area contributed by atoms with Crippen LogP contribution in [-0.2, 0) is 16.0 Å². The third-order valence-electron chi connectivity index (χ3n) is 4.32. The van der Waals surface area contributed by atoms with E-state index in [0.717, 1.165) is 31.2 Å². The fourth-order valence-corrected chi connectivity index (χ4v) is 3.24. The Morgan fingerprint density at radius 2 is 2.04 bits per heavy atom. The van der Waals surface area contributed by atoms with Gasteiger partial charge in [-0.15, -0.1) is 0 Å². The van der Waals surface area contributed by atoms with Gasteiger partial charge in [-0.25, -0.2) is 0 Å². The maximum atomic E-state index is 12.5. The Kier molecular flexibility index (Phi) is 6.42. The van der Waals surface area contributed by atoms with Crippen molar-refractivity contribution in [3.05, 3.63) is 34.9 Å². The van der Waals surface area contributed by atoms with Gasteiger partial charge in [-0.05, 0) is 30.9 Å². The van der Waals surface area contributed by atoms with Crippen LogP contribution in [0.2, 0.25) is 5.02 Å². The van der Waals surface area contributed by atoms with Crippen molar-refractivity contribution in [3.8, 4) is 0 Å². The summed E-state index contributed by atoms with van der Waals surface area (Å²) in [5.41, 5.74) is 6.53. The summed E-state index contributed by atoms with van der Waals surface area (Å²) >= 11 is 6.24. The molecule has 1 aromatic carbocycles. The molecule has 1 aliphatic heterocycles. The molecule has 0 radical (unpaired) electrons. The van der Waals surface area contributed by atoms with Crippen LogP contribution in [0.4, 0.5) is 0 Å². The second-order valence-corrected chi connectivity index (χ2v) is 6.44. The van der Waals surface area contributed by atoms with Crippen LogP contribution >= 0.6 is 11.6 Å². The molecule has 1 aromatic rings. The number of amides is 1. The Hall–Kier alpha value is -1.59. The third-order valence-corrected chi connectivity index (χ3v) is 4.69. The number of hydrogen-bond acceptors (Lipinski definition) is 3. The van der Waals surface area contributed by atoms with Crippen LogP contribution in [-0.4, -0.2) is 40.5 Å². The highest BCUT2D eigenvalue weighted by Crippen LogP contribution is 2.24. The normalized spacial score (nSPS) is 19.9. The van der Waals surface area contributed by atoms with Crippen LogP contribution in [0.25, 0.3) is 0 Å². The van der Waals surface area contributed by atoms with Crippen molar-refractivity contribution in [2.24, 2.45) is 5.73 Å². The van der Waals surface area contributed by atoms with Crippen LogP contribution in [0, 0.1) is 0 Å².